The third kappa shape index (κ3) is 2.86. The third-order valence-corrected chi connectivity index (χ3v) is 1.68. The molecule has 0 atom stereocenters. The number of halogens is 4. The fraction of sp³-hybridized carbons (Fsp3) is 0.250. The van der Waals surface area contributed by atoms with Gasteiger partial charge in [0.05, 0.1) is 0 Å². The number of rotatable bonds is 0. The van der Waals surface area contributed by atoms with Crippen LogP contribution in [0.2, 0.25) is 0 Å². The van der Waals surface area contributed by atoms with Crippen LogP contribution in [0.5, 0.6) is 0 Å². The highest BCUT2D eigenvalue weighted by molar-refractivity contribution is 6.72. The molecule has 0 heterocycles. The summed E-state index contributed by atoms with van der Waals surface area (Å²) in [5.41, 5.74) is 2.24. The van der Waals surface area contributed by atoms with Crippen molar-refractivity contribution in [2.45, 2.75) is 3.79 Å². The van der Waals surface area contributed by atoms with Crippen molar-refractivity contribution in [3.05, 3.63) is 17.3 Å². The first-order valence-corrected chi connectivity index (χ1v) is 3.12. The summed E-state index contributed by atoms with van der Waals surface area (Å²) in [6.45, 7) is 3.18. The van der Waals surface area contributed by atoms with Gasteiger partial charge in [0, 0.05) is 0 Å². The molecule has 0 rings (SSSR count). The molecule has 0 radical (unpaired) electrons. The van der Waals surface area contributed by atoms with E-state index in [1.807, 2.05) is 0 Å². The van der Waals surface area contributed by atoms with Gasteiger partial charge in [-0.05, 0) is 0 Å². The molecule has 46 valence electrons. The second-order valence-corrected chi connectivity index (χ2v) is 3.65. The van der Waals surface area contributed by atoms with Crippen molar-refractivity contribution in [3.63, 3.8) is 0 Å². The average Bonchev–Trinajstić information content (AvgIpc) is 1.62. The Morgan fingerprint density at radius 2 is 1.75 bits per heavy atom. The van der Waals surface area contributed by atoms with Gasteiger partial charge >= 0.3 is 0 Å². The van der Waals surface area contributed by atoms with Gasteiger partial charge in [-0.15, -0.1) is 5.73 Å². The zero-order valence-electron chi connectivity index (χ0n) is 3.72. The molecular formula is C4H2Cl4. The highest BCUT2D eigenvalue weighted by Gasteiger charge is 2.23. The Labute approximate surface area is 67.7 Å². The molecule has 0 saturated carbocycles. The van der Waals surface area contributed by atoms with Crippen LogP contribution in [0.4, 0.5) is 0 Å². The van der Waals surface area contributed by atoms with E-state index < -0.39 is 3.79 Å². The number of alkyl halides is 3. The van der Waals surface area contributed by atoms with Crippen LogP contribution < -0.4 is 0 Å². The second-order valence-electron chi connectivity index (χ2n) is 0.989. The maximum Gasteiger partial charge on any atom is 0.233 e. The minimum atomic E-state index is -1.57. The molecule has 0 nitrogen and oxygen atoms in total. The van der Waals surface area contributed by atoms with Crippen LogP contribution in [0.15, 0.2) is 17.3 Å². The van der Waals surface area contributed by atoms with Crippen LogP contribution in [0, 0.1) is 0 Å². The lowest BCUT2D eigenvalue weighted by atomic mass is 10.7. The lowest BCUT2D eigenvalue weighted by Crippen LogP contribution is -1.99. The summed E-state index contributed by atoms with van der Waals surface area (Å²) in [5.74, 6) is 0. The fourth-order valence-electron chi connectivity index (χ4n) is 0.100. The molecule has 0 aromatic heterocycles. The van der Waals surface area contributed by atoms with Crippen molar-refractivity contribution in [1.29, 1.82) is 0 Å². The molecule has 0 saturated heterocycles. The first kappa shape index (κ1) is 8.68. The minimum absolute atomic E-state index is 0.0116. The van der Waals surface area contributed by atoms with Gasteiger partial charge in [-0.3, -0.25) is 0 Å². The first-order chi connectivity index (χ1) is 3.48. The quantitative estimate of drug-likeness (QED) is 0.408. The van der Waals surface area contributed by atoms with E-state index in [1.165, 1.54) is 0 Å². The van der Waals surface area contributed by atoms with Crippen LogP contribution in [-0.2, 0) is 0 Å². The van der Waals surface area contributed by atoms with Gasteiger partial charge in [-0.2, -0.15) is 0 Å². The van der Waals surface area contributed by atoms with Gasteiger partial charge in [0.2, 0.25) is 3.79 Å². The monoisotopic (exact) mass is 190 g/mol. The summed E-state index contributed by atoms with van der Waals surface area (Å²) in [5, 5.41) is -0.0116. The Balaban J connectivity index is 4.26. The van der Waals surface area contributed by atoms with Crippen molar-refractivity contribution in [3.8, 4) is 0 Å². The highest BCUT2D eigenvalue weighted by Crippen LogP contribution is 2.35. The minimum Gasteiger partial charge on any atom is -0.108 e. The summed E-state index contributed by atoms with van der Waals surface area (Å²) in [4.78, 5) is 0. The fourth-order valence-corrected chi connectivity index (χ4v) is 0.301. The first-order valence-electron chi connectivity index (χ1n) is 1.61. The van der Waals surface area contributed by atoms with E-state index in [1.54, 1.807) is 0 Å². The van der Waals surface area contributed by atoms with Crippen molar-refractivity contribution in [2.75, 3.05) is 0 Å². The molecule has 4 heteroatoms. The van der Waals surface area contributed by atoms with Crippen LogP contribution >= 0.6 is 46.4 Å². The van der Waals surface area contributed by atoms with Gasteiger partial charge in [0.1, 0.15) is 5.03 Å². The molecule has 0 aromatic carbocycles. The molecular weight excluding hydrogens is 190 g/mol. The van der Waals surface area contributed by atoms with Gasteiger partial charge < -0.3 is 0 Å². The summed E-state index contributed by atoms with van der Waals surface area (Å²) in [6.07, 6.45) is 0. The zero-order valence-corrected chi connectivity index (χ0v) is 6.74. The van der Waals surface area contributed by atoms with E-state index in [2.05, 4.69) is 12.3 Å². The van der Waals surface area contributed by atoms with Crippen LogP contribution in [-0.4, -0.2) is 3.79 Å². The van der Waals surface area contributed by atoms with Crippen molar-refractivity contribution in [2.24, 2.45) is 0 Å². The standard InChI is InChI=1S/C4H2Cl4/c1-2-3(5)4(6,7)8/h1H2. The zero-order chi connectivity index (χ0) is 6.78. The van der Waals surface area contributed by atoms with E-state index in [-0.39, 0.29) is 5.03 Å². The predicted octanol–water partition coefficient (Wildman–Crippen LogP) is 3.26. The maximum atomic E-state index is 5.29. The summed E-state index contributed by atoms with van der Waals surface area (Å²) in [7, 11) is 0. The molecule has 0 fully saturated rings. The molecule has 0 unspecified atom stereocenters. The molecule has 8 heavy (non-hydrogen) atoms. The predicted molar refractivity (Wildman–Crippen MR) is 38.8 cm³/mol. The molecule has 0 spiro atoms. The molecule has 0 aliphatic carbocycles. The Hall–Kier alpha value is 0.680. The van der Waals surface area contributed by atoms with Gasteiger partial charge in [-0.25, -0.2) is 0 Å². The Kier molecular flexibility index (Phi) is 3.26. The second kappa shape index (κ2) is 3.00. The third-order valence-electron chi connectivity index (χ3n) is 0.404. The summed E-state index contributed by atoms with van der Waals surface area (Å²) < 4.78 is -1.57. The molecule has 0 amide bonds. The van der Waals surface area contributed by atoms with E-state index in [4.69, 9.17) is 46.4 Å². The Morgan fingerprint density at radius 3 is 1.75 bits per heavy atom. The van der Waals surface area contributed by atoms with Crippen LogP contribution in [0.3, 0.4) is 0 Å². The van der Waals surface area contributed by atoms with E-state index >= 15 is 0 Å². The summed E-state index contributed by atoms with van der Waals surface area (Å²) >= 11 is 21.0. The van der Waals surface area contributed by atoms with Crippen molar-refractivity contribution >= 4 is 46.4 Å². The highest BCUT2D eigenvalue weighted by atomic mass is 35.6. The van der Waals surface area contributed by atoms with Crippen LogP contribution in [0.25, 0.3) is 0 Å². The number of hydrogen-bond donors (Lipinski definition) is 0. The largest absolute Gasteiger partial charge is 0.233 e. The SMILES string of the molecule is C=C=C(Cl)C(Cl)(Cl)Cl. The topological polar surface area (TPSA) is 0 Å². The molecule has 0 aromatic rings. The van der Waals surface area contributed by atoms with Crippen molar-refractivity contribution < 1.29 is 0 Å². The average molecular weight is 192 g/mol. The normalized spacial score (nSPS) is 10.5. The molecule has 0 aliphatic rings. The Morgan fingerprint density at radius 1 is 1.38 bits per heavy atom. The Bertz CT molecular complexity index is 125. The summed E-state index contributed by atoms with van der Waals surface area (Å²) in [6, 6.07) is 0. The van der Waals surface area contributed by atoms with Crippen molar-refractivity contribution in [1.82, 2.24) is 0 Å². The van der Waals surface area contributed by atoms with Gasteiger partial charge in [0.25, 0.3) is 0 Å². The smallest absolute Gasteiger partial charge is 0.108 e. The van der Waals surface area contributed by atoms with Crippen LogP contribution in [0.1, 0.15) is 0 Å². The molecule has 0 N–H and O–H groups in total. The number of hydrogen-bond acceptors (Lipinski definition) is 0. The maximum absolute atomic E-state index is 5.29. The lowest BCUT2D eigenvalue weighted by molar-refractivity contribution is 1.43. The lowest BCUT2D eigenvalue weighted by Gasteiger charge is -2.04. The molecule has 0 aliphatic heterocycles. The number of allylic oxidation sites excluding steroid dienone is 1. The van der Waals surface area contributed by atoms with Gasteiger partial charge in [0.15, 0.2) is 0 Å². The van der Waals surface area contributed by atoms with E-state index in [0.717, 1.165) is 0 Å². The van der Waals surface area contributed by atoms with E-state index in [9.17, 15) is 0 Å². The van der Waals surface area contributed by atoms with Gasteiger partial charge in [-0.1, -0.05) is 53.0 Å². The molecule has 0 bridgehead atoms. The van der Waals surface area contributed by atoms with E-state index in [0.29, 0.717) is 0 Å².